The lowest BCUT2D eigenvalue weighted by molar-refractivity contribution is 0.230. The van der Waals surface area contributed by atoms with Gasteiger partial charge in [-0.15, -0.1) is 0 Å². The number of hydrogen-bond acceptors (Lipinski definition) is 3. The molecule has 3 aromatic rings. The number of rotatable bonds is 4. The molecule has 0 aliphatic carbocycles. The van der Waals surface area contributed by atoms with Crippen LogP contribution in [0.5, 0.6) is 11.5 Å². The predicted molar refractivity (Wildman–Crippen MR) is 99.1 cm³/mol. The highest BCUT2D eigenvalue weighted by atomic mass is 16.5. The zero-order chi connectivity index (χ0) is 17.4. The Morgan fingerprint density at radius 1 is 1.12 bits per heavy atom. The third-order valence-corrected chi connectivity index (χ3v) is 4.57. The van der Waals surface area contributed by atoms with Crippen LogP contribution in [0, 0.1) is 0 Å². The van der Waals surface area contributed by atoms with Gasteiger partial charge in [0.2, 0.25) is 0 Å². The molecule has 0 fully saturated rings. The van der Waals surface area contributed by atoms with Crippen molar-refractivity contribution < 1.29 is 9.47 Å². The second-order valence-electron chi connectivity index (χ2n) is 6.59. The summed E-state index contributed by atoms with van der Waals surface area (Å²) in [5.41, 5.74) is 6.07. The molecular formula is C21H22N2O2. The largest absolute Gasteiger partial charge is 0.493 e. The molecule has 4 nitrogen and oxygen atoms in total. The Labute approximate surface area is 148 Å². The molecule has 1 aliphatic rings. The van der Waals surface area contributed by atoms with Gasteiger partial charge in [0.05, 0.1) is 18.9 Å². The zero-order valence-electron chi connectivity index (χ0n) is 14.8. The van der Waals surface area contributed by atoms with Crippen LogP contribution in [0.2, 0.25) is 0 Å². The van der Waals surface area contributed by atoms with E-state index in [1.165, 1.54) is 22.4 Å². The number of aromatic nitrogens is 2. The normalized spacial score (nSPS) is 12.6. The highest BCUT2D eigenvalue weighted by Gasteiger charge is 2.23. The van der Waals surface area contributed by atoms with E-state index in [2.05, 4.69) is 40.0 Å². The number of fused-ring (bicyclic) bond motifs is 3. The van der Waals surface area contributed by atoms with Crippen molar-refractivity contribution in [2.24, 2.45) is 0 Å². The first-order valence-electron chi connectivity index (χ1n) is 8.65. The van der Waals surface area contributed by atoms with Crippen LogP contribution in [0.25, 0.3) is 22.4 Å². The number of ether oxygens (including phenoxy) is 2. The number of benzene rings is 1. The van der Waals surface area contributed by atoms with E-state index in [-0.39, 0.29) is 6.10 Å². The number of methoxy groups -OCH3 is 1. The first-order valence-corrected chi connectivity index (χ1v) is 8.65. The van der Waals surface area contributed by atoms with Crippen molar-refractivity contribution in [3.63, 3.8) is 0 Å². The van der Waals surface area contributed by atoms with Crippen molar-refractivity contribution in [2.45, 2.75) is 32.9 Å². The first kappa shape index (κ1) is 15.8. The van der Waals surface area contributed by atoms with Gasteiger partial charge in [-0.25, -0.2) is 0 Å². The standard InChI is InChI=1S/C21H22N2O2/c1-14(2)25-20-12-18-15(11-19(20)24-3)6-9-23-10-7-17(21(18)23)16-5-4-8-22-13-16/h4-5,7-8,10-14H,6,9H2,1-3H3. The van der Waals surface area contributed by atoms with Gasteiger partial charge in [0.1, 0.15) is 0 Å². The lowest BCUT2D eigenvalue weighted by Crippen LogP contribution is -2.12. The summed E-state index contributed by atoms with van der Waals surface area (Å²) in [4.78, 5) is 4.28. The van der Waals surface area contributed by atoms with Crippen molar-refractivity contribution in [3.05, 3.63) is 54.5 Å². The first-order chi connectivity index (χ1) is 12.2. The molecule has 0 unspecified atom stereocenters. The molecule has 0 radical (unpaired) electrons. The van der Waals surface area contributed by atoms with Crippen LogP contribution in [0.1, 0.15) is 19.4 Å². The minimum absolute atomic E-state index is 0.0973. The van der Waals surface area contributed by atoms with Crippen LogP contribution >= 0.6 is 0 Å². The Morgan fingerprint density at radius 3 is 2.72 bits per heavy atom. The molecular weight excluding hydrogens is 312 g/mol. The second-order valence-corrected chi connectivity index (χ2v) is 6.59. The van der Waals surface area contributed by atoms with Gasteiger partial charge in [-0.1, -0.05) is 6.07 Å². The number of aryl methyl sites for hydroxylation is 2. The molecule has 1 aliphatic heterocycles. The molecule has 0 saturated heterocycles. The molecule has 3 heterocycles. The smallest absolute Gasteiger partial charge is 0.162 e. The van der Waals surface area contributed by atoms with Gasteiger partial charge >= 0.3 is 0 Å². The maximum absolute atomic E-state index is 5.99. The van der Waals surface area contributed by atoms with Crippen LogP contribution in [-0.2, 0) is 13.0 Å². The average molecular weight is 334 g/mol. The number of nitrogens with zero attached hydrogens (tertiary/aromatic N) is 2. The molecule has 0 spiro atoms. The fourth-order valence-electron chi connectivity index (χ4n) is 3.49. The monoisotopic (exact) mass is 334 g/mol. The van der Waals surface area contributed by atoms with Crippen molar-refractivity contribution in [2.75, 3.05) is 7.11 Å². The molecule has 0 amide bonds. The summed E-state index contributed by atoms with van der Waals surface area (Å²) in [6, 6.07) is 10.5. The molecule has 2 aromatic heterocycles. The highest BCUT2D eigenvalue weighted by molar-refractivity contribution is 5.84. The van der Waals surface area contributed by atoms with Gasteiger partial charge < -0.3 is 14.0 Å². The van der Waals surface area contributed by atoms with Crippen LogP contribution in [-0.4, -0.2) is 22.8 Å². The van der Waals surface area contributed by atoms with E-state index in [1.54, 1.807) is 13.3 Å². The maximum Gasteiger partial charge on any atom is 0.162 e. The molecule has 25 heavy (non-hydrogen) atoms. The maximum atomic E-state index is 5.99. The molecule has 0 saturated carbocycles. The molecule has 4 rings (SSSR count). The summed E-state index contributed by atoms with van der Waals surface area (Å²) in [6.07, 6.45) is 6.97. The minimum Gasteiger partial charge on any atom is -0.493 e. The minimum atomic E-state index is 0.0973. The van der Waals surface area contributed by atoms with E-state index in [0.717, 1.165) is 30.0 Å². The van der Waals surface area contributed by atoms with E-state index < -0.39 is 0 Å². The second kappa shape index (κ2) is 6.28. The van der Waals surface area contributed by atoms with Crippen molar-refractivity contribution in [1.82, 2.24) is 9.55 Å². The van der Waals surface area contributed by atoms with Gasteiger partial charge in [0.15, 0.2) is 11.5 Å². The van der Waals surface area contributed by atoms with Gasteiger partial charge in [-0.2, -0.15) is 0 Å². The SMILES string of the molecule is COc1cc2c(cc1OC(C)C)-c1c(-c3cccnc3)ccn1CC2. The van der Waals surface area contributed by atoms with Crippen LogP contribution in [0.15, 0.2) is 48.9 Å². The summed E-state index contributed by atoms with van der Waals surface area (Å²) in [6.45, 7) is 5.03. The van der Waals surface area contributed by atoms with Crippen molar-refractivity contribution in [3.8, 4) is 33.9 Å². The zero-order valence-corrected chi connectivity index (χ0v) is 14.8. The van der Waals surface area contributed by atoms with E-state index in [1.807, 2.05) is 26.1 Å². The van der Waals surface area contributed by atoms with Crippen molar-refractivity contribution >= 4 is 0 Å². The predicted octanol–water partition coefficient (Wildman–Crippen LogP) is 4.57. The fraction of sp³-hybridized carbons (Fsp3) is 0.286. The summed E-state index contributed by atoms with van der Waals surface area (Å²) >= 11 is 0. The fourth-order valence-corrected chi connectivity index (χ4v) is 3.49. The molecule has 0 atom stereocenters. The Morgan fingerprint density at radius 2 is 2.00 bits per heavy atom. The number of pyridine rings is 1. The van der Waals surface area contributed by atoms with Crippen LogP contribution in [0.4, 0.5) is 0 Å². The molecule has 128 valence electrons. The topological polar surface area (TPSA) is 36.3 Å². The Kier molecular flexibility index (Phi) is 3.96. The van der Waals surface area contributed by atoms with E-state index in [4.69, 9.17) is 9.47 Å². The molecule has 0 N–H and O–H groups in total. The summed E-state index contributed by atoms with van der Waals surface area (Å²) < 4.78 is 13.9. The number of hydrogen-bond donors (Lipinski definition) is 0. The summed E-state index contributed by atoms with van der Waals surface area (Å²) in [7, 11) is 1.70. The Bertz CT molecular complexity index is 898. The quantitative estimate of drug-likeness (QED) is 0.701. The van der Waals surface area contributed by atoms with Crippen molar-refractivity contribution in [1.29, 1.82) is 0 Å². The molecule has 0 bridgehead atoms. The molecule has 1 aromatic carbocycles. The Hall–Kier alpha value is -2.75. The van der Waals surface area contributed by atoms with Gasteiger partial charge in [-0.05, 0) is 50.1 Å². The lowest BCUT2D eigenvalue weighted by atomic mass is 9.94. The summed E-state index contributed by atoms with van der Waals surface area (Å²) in [5, 5.41) is 0. The molecule has 4 heteroatoms. The van der Waals surface area contributed by atoms with Crippen LogP contribution < -0.4 is 9.47 Å². The Balaban J connectivity index is 1.89. The third kappa shape index (κ3) is 2.78. The van der Waals surface area contributed by atoms with Gasteiger partial charge in [0.25, 0.3) is 0 Å². The van der Waals surface area contributed by atoms with E-state index >= 15 is 0 Å². The lowest BCUT2D eigenvalue weighted by Gasteiger charge is -2.24. The average Bonchev–Trinajstić information content (AvgIpc) is 3.06. The van der Waals surface area contributed by atoms with E-state index in [9.17, 15) is 0 Å². The third-order valence-electron chi connectivity index (χ3n) is 4.57. The van der Waals surface area contributed by atoms with Crippen LogP contribution in [0.3, 0.4) is 0 Å². The van der Waals surface area contributed by atoms with Gasteiger partial charge in [-0.3, -0.25) is 4.98 Å². The summed E-state index contributed by atoms with van der Waals surface area (Å²) in [5.74, 6) is 1.60. The highest BCUT2D eigenvalue weighted by Crippen LogP contribution is 2.43. The van der Waals surface area contributed by atoms with E-state index in [0.29, 0.717) is 0 Å². The van der Waals surface area contributed by atoms with Gasteiger partial charge in [0, 0.05) is 41.8 Å².